The van der Waals surface area contributed by atoms with Gasteiger partial charge in [0.25, 0.3) is 0 Å². The molecule has 5 heteroatoms. The maximum absolute atomic E-state index is 10.8. The molecule has 1 aromatic carbocycles. The molecule has 1 aromatic rings. The molecule has 0 bridgehead atoms. The monoisotopic (exact) mass is 192 g/mol. The number of carboxylic acid groups (broad SMARTS) is 1. The molecule has 5 nitrogen and oxygen atoms in total. The van der Waals surface area contributed by atoms with Crippen LogP contribution < -0.4 is 5.73 Å². The molecule has 72 valence electrons. The summed E-state index contributed by atoms with van der Waals surface area (Å²) < 4.78 is 0. The fourth-order valence-corrected chi connectivity index (χ4v) is 1.18. The van der Waals surface area contributed by atoms with Crippen molar-refractivity contribution in [1.82, 2.24) is 0 Å². The van der Waals surface area contributed by atoms with Crippen LogP contribution >= 0.6 is 0 Å². The molecule has 0 aliphatic carbocycles. The van der Waals surface area contributed by atoms with Crippen LogP contribution in [0.3, 0.4) is 0 Å². The minimum absolute atomic E-state index is 0.00394. The molecule has 0 amide bonds. The van der Waals surface area contributed by atoms with Crippen molar-refractivity contribution in [2.24, 2.45) is 5.73 Å². The van der Waals surface area contributed by atoms with Crippen molar-refractivity contribution in [3.05, 3.63) is 28.8 Å². The molecule has 4 N–H and O–H groups in total. The average molecular weight is 192 g/mol. The lowest BCUT2D eigenvalue weighted by Crippen LogP contribution is -2.09. The number of aromatic hydroxyl groups is 1. The van der Waals surface area contributed by atoms with Crippen LogP contribution in [0.1, 0.15) is 21.5 Å². The Morgan fingerprint density at radius 2 is 2.21 bits per heavy atom. The molecule has 0 unspecified atom stereocenters. The highest BCUT2D eigenvalue weighted by Gasteiger charge is 2.17. The second-order valence-electron chi connectivity index (χ2n) is 2.61. The van der Waals surface area contributed by atoms with Gasteiger partial charge in [-0.1, -0.05) is 0 Å². The number of nitrogens with two attached hydrogens (primary N) is 1. The number of benzene rings is 1. The molecule has 0 radical (unpaired) electrons. The highest BCUT2D eigenvalue weighted by Crippen LogP contribution is 2.23. The highest BCUT2D eigenvalue weighted by atomic mass is 16.4. The van der Waals surface area contributed by atoms with E-state index in [4.69, 9.17) is 16.1 Å². The molecule has 0 spiro atoms. The Balaban J connectivity index is 3.54. The van der Waals surface area contributed by atoms with Crippen molar-refractivity contribution in [2.75, 3.05) is 0 Å². The van der Waals surface area contributed by atoms with E-state index in [-0.39, 0.29) is 29.0 Å². The van der Waals surface area contributed by atoms with Gasteiger partial charge in [-0.05, 0) is 12.1 Å². The highest BCUT2D eigenvalue weighted by molar-refractivity contribution is 5.93. The van der Waals surface area contributed by atoms with Crippen molar-refractivity contribution in [1.29, 1.82) is 5.26 Å². The van der Waals surface area contributed by atoms with E-state index in [9.17, 15) is 9.90 Å². The largest absolute Gasteiger partial charge is 0.508 e. The van der Waals surface area contributed by atoms with Gasteiger partial charge in [0.05, 0.1) is 11.1 Å². The summed E-state index contributed by atoms with van der Waals surface area (Å²) in [5.41, 5.74) is 5.13. The maximum atomic E-state index is 10.8. The van der Waals surface area contributed by atoms with Crippen LogP contribution in [-0.4, -0.2) is 16.2 Å². The van der Waals surface area contributed by atoms with Crippen LogP contribution in [0.2, 0.25) is 0 Å². The maximum Gasteiger partial charge on any atom is 0.337 e. The summed E-state index contributed by atoms with van der Waals surface area (Å²) in [6.45, 7) is -0.122. The van der Waals surface area contributed by atoms with Gasteiger partial charge in [-0.2, -0.15) is 5.26 Å². The average Bonchev–Trinajstić information content (AvgIpc) is 2.17. The van der Waals surface area contributed by atoms with Crippen LogP contribution in [0.4, 0.5) is 0 Å². The lowest BCUT2D eigenvalue weighted by molar-refractivity contribution is 0.0695. The topological polar surface area (TPSA) is 107 Å². The molecule has 14 heavy (non-hydrogen) atoms. The van der Waals surface area contributed by atoms with E-state index in [0.29, 0.717) is 0 Å². The molecular formula is C9H8N2O3. The van der Waals surface area contributed by atoms with Crippen molar-refractivity contribution >= 4 is 5.97 Å². The van der Waals surface area contributed by atoms with Gasteiger partial charge >= 0.3 is 5.97 Å². The fraction of sp³-hybridized carbons (Fsp3) is 0.111. The van der Waals surface area contributed by atoms with Crippen LogP contribution in [-0.2, 0) is 6.54 Å². The van der Waals surface area contributed by atoms with Crippen LogP contribution in [0.15, 0.2) is 12.1 Å². The number of hydrogen-bond acceptors (Lipinski definition) is 4. The third-order valence-electron chi connectivity index (χ3n) is 1.83. The zero-order valence-corrected chi connectivity index (χ0v) is 7.19. The number of carboxylic acids is 1. The molecule has 0 saturated heterocycles. The lowest BCUT2D eigenvalue weighted by atomic mass is 10.0. The Hall–Kier alpha value is -2.06. The molecule has 1 rings (SSSR count). The number of carbonyl (C=O) groups is 1. The van der Waals surface area contributed by atoms with Crippen LogP contribution in [0.25, 0.3) is 0 Å². The number of hydrogen-bond donors (Lipinski definition) is 3. The molecule has 0 saturated carbocycles. The van der Waals surface area contributed by atoms with Gasteiger partial charge in [-0.3, -0.25) is 0 Å². The van der Waals surface area contributed by atoms with Gasteiger partial charge in [0.1, 0.15) is 11.8 Å². The molecule has 0 atom stereocenters. The first-order chi connectivity index (χ1) is 6.61. The number of nitrogens with zero attached hydrogens (tertiary/aromatic N) is 1. The number of phenolic OH excluding ortho intramolecular Hbond substituents is 1. The third kappa shape index (κ3) is 1.51. The standard InChI is InChI=1S/C9H8N2O3/c10-3-5-1-2-7(12)6(4-11)8(5)9(13)14/h1-2,12H,4,11H2,(H,13,14). The van der Waals surface area contributed by atoms with E-state index in [0.717, 1.165) is 0 Å². The second-order valence-corrected chi connectivity index (χ2v) is 2.61. The van der Waals surface area contributed by atoms with E-state index in [1.165, 1.54) is 12.1 Å². The molecule has 0 aliphatic heterocycles. The van der Waals surface area contributed by atoms with Crippen LogP contribution in [0, 0.1) is 11.3 Å². The van der Waals surface area contributed by atoms with Gasteiger partial charge in [-0.25, -0.2) is 4.79 Å². The minimum Gasteiger partial charge on any atom is -0.508 e. The van der Waals surface area contributed by atoms with E-state index < -0.39 is 5.97 Å². The lowest BCUT2D eigenvalue weighted by Gasteiger charge is -2.07. The number of nitriles is 1. The molecular weight excluding hydrogens is 184 g/mol. The van der Waals surface area contributed by atoms with Gasteiger partial charge in [0.2, 0.25) is 0 Å². The quantitative estimate of drug-likeness (QED) is 0.629. The smallest absolute Gasteiger partial charge is 0.337 e. The summed E-state index contributed by atoms with van der Waals surface area (Å²) in [6.07, 6.45) is 0. The fourth-order valence-electron chi connectivity index (χ4n) is 1.18. The predicted octanol–water partition coefficient (Wildman–Crippen LogP) is 0.421. The summed E-state index contributed by atoms with van der Waals surface area (Å²) in [5, 5.41) is 26.8. The van der Waals surface area contributed by atoms with Crippen molar-refractivity contribution in [3.8, 4) is 11.8 Å². The SMILES string of the molecule is N#Cc1ccc(O)c(CN)c1C(=O)O. The number of phenols is 1. The first kappa shape index (κ1) is 10.0. The van der Waals surface area contributed by atoms with E-state index in [1.807, 2.05) is 0 Å². The molecule has 0 aromatic heterocycles. The Morgan fingerprint density at radius 3 is 2.64 bits per heavy atom. The first-order valence-electron chi connectivity index (χ1n) is 3.80. The zero-order valence-electron chi connectivity index (χ0n) is 7.19. The summed E-state index contributed by atoms with van der Waals surface area (Å²) >= 11 is 0. The number of aromatic carboxylic acids is 1. The Bertz CT molecular complexity index is 421. The Morgan fingerprint density at radius 1 is 1.57 bits per heavy atom. The molecule has 0 fully saturated rings. The van der Waals surface area contributed by atoms with Crippen molar-refractivity contribution < 1.29 is 15.0 Å². The zero-order chi connectivity index (χ0) is 10.7. The van der Waals surface area contributed by atoms with Gasteiger partial charge in [0, 0.05) is 12.1 Å². The Labute approximate surface area is 80.0 Å². The van der Waals surface area contributed by atoms with Gasteiger partial charge in [0.15, 0.2) is 0 Å². The summed E-state index contributed by atoms with van der Waals surface area (Å²) in [6, 6.07) is 4.24. The van der Waals surface area contributed by atoms with Gasteiger partial charge < -0.3 is 15.9 Å². The third-order valence-corrected chi connectivity index (χ3v) is 1.83. The normalized spacial score (nSPS) is 9.43. The number of rotatable bonds is 2. The summed E-state index contributed by atoms with van der Waals surface area (Å²) in [4.78, 5) is 10.8. The minimum atomic E-state index is -1.27. The predicted molar refractivity (Wildman–Crippen MR) is 47.7 cm³/mol. The van der Waals surface area contributed by atoms with Crippen molar-refractivity contribution in [2.45, 2.75) is 6.54 Å². The first-order valence-corrected chi connectivity index (χ1v) is 3.80. The van der Waals surface area contributed by atoms with Crippen LogP contribution in [0.5, 0.6) is 5.75 Å². The van der Waals surface area contributed by atoms with E-state index in [1.54, 1.807) is 6.07 Å². The molecule has 0 aliphatic rings. The second kappa shape index (κ2) is 3.77. The summed E-state index contributed by atoms with van der Waals surface area (Å²) in [5.74, 6) is -1.47. The van der Waals surface area contributed by atoms with E-state index >= 15 is 0 Å². The van der Waals surface area contributed by atoms with E-state index in [2.05, 4.69) is 0 Å². The molecule has 0 heterocycles. The summed E-state index contributed by atoms with van der Waals surface area (Å²) in [7, 11) is 0. The Kier molecular flexibility index (Phi) is 2.70. The van der Waals surface area contributed by atoms with Gasteiger partial charge in [-0.15, -0.1) is 0 Å². The van der Waals surface area contributed by atoms with Crippen molar-refractivity contribution in [3.63, 3.8) is 0 Å².